The quantitative estimate of drug-likeness (QED) is 0.631. The first kappa shape index (κ1) is 15.3. The molecule has 1 amide bonds. The van der Waals surface area contributed by atoms with Crippen LogP contribution in [0.25, 0.3) is 0 Å². The SMILES string of the molecule is CCNC1COCC1C(=O)Nc1ccc(F)c([N+](=O)[O-])c1. The second-order valence-electron chi connectivity index (χ2n) is 4.72. The molecule has 2 unspecified atom stereocenters. The van der Waals surface area contributed by atoms with E-state index in [1.54, 1.807) is 0 Å². The summed E-state index contributed by atoms with van der Waals surface area (Å²) in [5, 5.41) is 16.4. The van der Waals surface area contributed by atoms with Crippen LogP contribution in [-0.2, 0) is 9.53 Å². The minimum absolute atomic E-state index is 0.0922. The lowest BCUT2D eigenvalue weighted by molar-refractivity contribution is -0.387. The molecule has 0 saturated carbocycles. The number of amides is 1. The van der Waals surface area contributed by atoms with Crippen LogP contribution in [0.4, 0.5) is 15.8 Å². The van der Waals surface area contributed by atoms with Gasteiger partial charge >= 0.3 is 5.69 Å². The van der Waals surface area contributed by atoms with Gasteiger partial charge in [-0.2, -0.15) is 4.39 Å². The predicted octanol–water partition coefficient (Wildman–Crippen LogP) is 1.30. The molecule has 0 radical (unpaired) electrons. The topological polar surface area (TPSA) is 93.5 Å². The molecular weight excluding hydrogens is 281 g/mol. The van der Waals surface area contributed by atoms with Gasteiger partial charge in [0.1, 0.15) is 0 Å². The van der Waals surface area contributed by atoms with E-state index in [9.17, 15) is 19.3 Å². The highest BCUT2D eigenvalue weighted by Crippen LogP contribution is 2.23. The van der Waals surface area contributed by atoms with E-state index in [1.807, 2.05) is 6.92 Å². The summed E-state index contributed by atoms with van der Waals surface area (Å²) in [4.78, 5) is 22.0. The Balaban J connectivity index is 2.09. The van der Waals surface area contributed by atoms with E-state index in [1.165, 1.54) is 6.07 Å². The van der Waals surface area contributed by atoms with E-state index in [0.29, 0.717) is 13.2 Å². The Hall–Kier alpha value is -2.06. The van der Waals surface area contributed by atoms with Crippen molar-refractivity contribution in [1.82, 2.24) is 5.32 Å². The van der Waals surface area contributed by atoms with Crippen LogP contribution in [0.1, 0.15) is 6.92 Å². The van der Waals surface area contributed by atoms with Crippen LogP contribution in [0.3, 0.4) is 0 Å². The minimum atomic E-state index is -0.937. The van der Waals surface area contributed by atoms with Crippen molar-refractivity contribution in [3.8, 4) is 0 Å². The fourth-order valence-electron chi connectivity index (χ4n) is 2.24. The predicted molar refractivity (Wildman–Crippen MR) is 73.5 cm³/mol. The highest BCUT2D eigenvalue weighted by molar-refractivity contribution is 5.93. The summed E-state index contributed by atoms with van der Waals surface area (Å²) in [5.74, 6) is -1.62. The molecule has 0 aliphatic carbocycles. The first-order valence-corrected chi connectivity index (χ1v) is 6.59. The number of hydrogen-bond acceptors (Lipinski definition) is 5. The molecule has 21 heavy (non-hydrogen) atoms. The molecule has 2 rings (SSSR count). The number of carbonyl (C=O) groups is 1. The lowest BCUT2D eigenvalue weighted by atomic mass is 10.0. The lowest BCUT2D eigenvalue weighted by Crippen LogP contribution is -2.41. The first-order valence-electron chi connectivity index (χ1n) is 6.59. The number of nitrogens with one attached hydrogen (secondary N) is 2. The van der Waals surface area contributed by atoms with Gasteiger partial charge in [-0.1, -0.05) is 6.92 Å². The van der Waals surface area contributed by atoms with Crippen molar-refractivity contribution in [3.05, 3.63) is 34.1 Å². The zero-order valence-electron chi connectivity index (χ0n) is 11.5. The van der Waals surface area contributed by atoms with Crippen molar-refractivity contribution in [3.63, 3.8) is 0 Å². The molecule has 1 heterocycles. The molecule has 7 nitrogen and oxygen atoms in total. The number of benzene rings is 1. The van der Waals surface area contributed by atoms with Crippen LogP contribution in [0, 0.1) is 21.8 Å². The number of nitro groups is 1. The number of nitrogens with zero attached hydrogens (tertiary/aromatic N) is 1. The molecule has 1 fully saturated rings. The second kappa shape index (κ2) is 6.59. The molecule has 1 saturated heterocycles. The van der Waals surface area contributed by atoms with E-state index in [2.05, 4.69) is 10.6 Å². The highest BCUT2D eigenvalue weighted by atomic mass is 19.1. The van der Waals surface area contributed by atoms with Crippen LogP contribution in [-0.4, -0.2) is 36.6 Å². The second-order valence-corrected chi connectivity index (χ2v) is 4.72. The average molecular weight is 297 g/mol. The van der Waals surface area contributed by atoms with Crippen molar-refractivity contribution >= 4 is 17.3 Å². The normalized spacial score (nSPS) is 21.2. The summed E-state index contributed by atoms with van der Waals surface area (Å²) in [5.41, 5.74) is -0.478. The monoisotopic (exact) mass is 297 g/mol. The summed E-state index contributed by atoms with van der Waals surface area (Å²) in [6.45, 7) is 3.36. The maximum absolute atomic E-state index is 13.2. The van der Waals surface area contributed by atoms with Gasteiger partial charge in [0.25, 0.3) is 0 Å². The molecule has 1 aliphatic heterocycles. The summed E-state index contributed by atoms with van der Waals surface area (Å²) in [6.07, 6.45) is 0. The molecular formula is C13H16FN3O4. The summed E-state index contributed by atoms with van der Waals surface area (Å²) in [6, 6.07) is 3.16. The van der Waals surface area contributed by atoms with Gasteiger partial charge in [-0.15, -0.1) is 0 Å². The van der Waals surface area contributed by atoms with Crippen molar-refractivity contribution in [1.29, 1.82) is 0 Å². The fourth-order valence-corrected chi connectivity index (χ4v) is 2.24. The number of anilines is 1. The Morgan fingerprint density at radius 3 is 2.95 bits per heavy atom. The van der Waals surface area contributed by atoms with E-state index in [4.69, 9.17) is 4.74 Å². The van der Waals surface area contributed by atoms with Crippen LogP contribution in [0.5, 0.6) is 0 Å². The third-order valence-corrected chi connectivity index (χ3v) is 3.29. The molecule has 0 aromatic heterocycles. The van der Waals surface area contributed by atoms with Gasteiger partial charge in [-0.3, -0.25) is 14.9 Å². The van der Waals surface area contributed by atoms with Crippen molar-refractivity contribution in [2.45, 2.75) is 13.0 Å². The van der Waals surface area contributed by atoms with Crippen molar-refractivity contribution in [2.24, 2.45) is 5.92 Å². The zero-order valence-corrected chi connectivity index (χ0v) is 11.5. The molecule has 114 valence electrons. The van der Waals surface area contributed by atoms with Gasteiger partial charge in [0.05, 0.1) is 24.1 Å². The number of carbonyl (C=O) groups excluding carboxylic acids is 1. The smallest absolute Gasteiger partial charge is 0.306 e. The number of likely N-dealkylation sites (N-methyl/N-ethyl adjacent to an activating group) is 1. The van der Waals surface area contributed by atoms with Crippen molar-refractivity contribution in [2.75, 3.05) is 25.1 Å². The zero-order chi connectivity index (χ0) is 15.4. The van der Waals surface area contributed by atoms with Crippen LogP contribution in [0.15, 0.2) is 18.2 Å². The van der Waals surface area contributed by atoms with Crippen molar-refractivity contribution < 1.29 is 18.8 Å². The summed E-state index contributed by atoms with van der Waals surface area (Å²) in [7, 11) is 0. The van der Waals surface area contributed by atoms with Gasteiger partial charge in [0.15, 0.2) is 0 Å². The molecule has 1 aromatic rings. The summed E-state index contributed by atoms with van der Waals surface area (Å²) < 4.78 is 18.5. The Morgan fingerprint density at radius 2 is 2.29 bits per heavy atom. The maximum atomic E-state index is 13.2. The number of ether oxygens (including phenoxy) is 1. The number of halogens is 1. The molecule has 8 heteroatoms. The van der Waals surface area contributed by atoms with E-state index < -0.39 is 16.4 Å². The lowest BCUT2D eigenvalue weighted by Gasteiger charge is -2.17. The van der Waals surface area contributed by atoms with Gasteiger partial charge in [-0.05, 0) is 18.7 Å². The van der Waals surface area contributed by atoms with E-state index >= 15 is 0 Å². The molecule has 0 bridgehead atoms. The Bertz CT molecular complexity index is 552. The minimum Gasteiger partial charge on any atom is -0.379 e. The van der Waals surface area contributed by atoms with E-state index in [-0.39, 0.29) is 30.2 Å². The Kier molecular flexibility index (Phi) is 4.81. The van der Waals surface area contributed by atoms with Crippen LogP contribution < -0.4 is 10.6 Å². The molecule has 1 aromatic carbocycles. The van der Waals surface area contributed by atoms with E-state index in [0.717, 1.165) is 12.1 Å². The van der Waals surface area contributed by atoms with Crippen LogP contribution >= 0.6 is 0 Å². The standard InChI is InChI=1S/C13H16FN3O4/c1-2-15-11-7-21-6-9(11)13(18)16-8-3-4-10(14)12(5-8)17(19)20/h3-5,9,11,15H,2,6-7H2,1H3,(H,16,18). The van der Waals surface area contributed by atoms with Crippen LogP contribution in [0.2, 0.25) is 0 Å². The molecule has 2 N–H and O–H groups in total. The largest absolute Gasteiger partial charge is 0.379 e. The fraction of sp³-hybridized carbons (Fsp3) is 0.462. The molecule has 0 spiro atoms. The molecule has 2 atom stereocenters. The Labute approximate surface area is 120 Å². The third-order valence-electron chi connectivity index (χ3n) is 3.29. The number of rotatable bonds is 5. The average Bonchev–Trinajstić information content (AvgIpc) is 2.89. The van der Waals surface area contributed by atoms with Gasteiger partial charge in [0, 0.05) is 17.8 Å². The van der Waals surface area contributed by atoms with Gasteiger partial charge in [0.2, 0.25) is 11.7 Å². The van der Waals surface area contributed by atoms with Gasteiger partial charge in [-0.25, -0.2) is 0 Å². The molecule has 1 aliphatic rings. The third kappa shape index (κ3) is 3.53. The highest BCUT2D eigenvalue weighted by Gasteiger charge is 2.33. The first-order chi connectivity index (χ1) is 10.0. The summed E-state index contributed by atoms with van der Waals surface area (Å²) >= 11 is 0. The number of hydrogen-bond donors (Lipinski definition) is 2. The Morgan fingerprint density at radius 1 is 1.52 bits per heavy atom. The number of nitro benzene ring substituents is 1. The van der Waals surface area contributed by atoms with Gasteiger partial charge < -0.3 is 15.4 Å². The maximum Gasteiger partial charge on any atom is 0.306 e.